The van der Waals surface area contributed by atoms with Gasteiger partial charge in [0, 0.05) is 5.02 Å². The first kappa shape index (κ1) is 12.4. The van der Waals surface area contributed by atoms with Crippen molar-refractivity contribution in [1.82, 2.24) is 15.2 Å². The molecule has 0 aliphatic rings. The van der Waals surface area contributed by atoms with E-state index in [0.717, 1.165) is 0 Å². The van der Waals surface area contributed by atoms with Gasteiger partial charge in [0.25, 0.3) is 5.91 Å². The highest BCUT2D eigenvalue weighted by atomic mass is 35.5. The van der Waals surface area contributed by atoms with Gasteiger partial charge in [0.15, 0.2) is 6.10 Å². The Labute approximate surface area is 108 Å². The van der Waals surface area contributed by atoms with Crippen molar-refractivity contribution < 1.29 is 9.53 Å². The van der Waals surface area contributed by atoms with Gasteiger partial charge in [-0.05, 0) is 31.2 Å². The average molecular weight is 267 g/mol. The molecule has 1 aromatic carbocycles. The first-order valence-corrected chi connectivity index (χ1v) is 5.61. The number of amides is 1. The van der Waals surface area contributed by atoms with Crippen LogP contribution in [-0.4, -0.2) is 27.2 Å². The van der Waals surface area contributed by atoms with Crippen molar-refractivity contribution in [3.63, 3.8) is 0 Å². The van der Waals surface area contributed by atoms with Gasteiger partial charge in [-0.3, -0.25) is 10.1 Å². The fraction of sp³-hybridized carbons (Fsp3) is 0.182. The molecule has 7 heteroatoms. The molecule has 94 valence electrons. The van der Waals surface area contributed by atoms with Crippen LogP contribution in [0.4, 0.5) is 5.95 Å². The van der Waals surface area contributed by atoms with Gasteiger partial charge < -0.3 is 4.74 Å². The Kier molecular flexibility index (Phi) is 3.78. The molecule has 0 radical (unpaired) electrons. The van der Waals surface area contributed by atoms with E-state index in [1.54, 1.807) is 31.2 Å². The van der Waals surface area contributed by atoms with Crippen LogP contribution in [0.1, 0.15) is 6.92 Å². The summed E-state index contributed by atoms with van der Waals surface area (Å²) in [4.78, 5) is 15.5. The number of carbonyl (C=O) groups is 1. The predicted octanol–water partition coefficient (Wildman–Crippen LogP) is 1.86. The van der Waals surface area contributed by atoms with Gasteiger partial charge in [-0.25, -0.2) is 5.10 Å². The second kappa shape index (κ2) is 5.50. The minimum Gasteiger partial charge on any atom is -0.481 e. The van der Waals surface area contributed by atoms with E-state index in [4.69, 9.17) is 16.3 Å². The first-order valence-electron chi connectivity index (χ1n) is 5.23. The van der Waals surface area contributed by atoms with E-state index >= 15 is 0 Å². The normalized spacial score (nSPS) is 11.9. The van der Waals surface area contributed by atoms with Crippen molar-refractivity contribution in [1.29, 1.82) is 0 Å². The summed E-state index contributed by atoms with van der Waals surface area (Å²) < 4.78 is 5.45. The van der Waals surface area contributed by atoms with E-state index in [2.05, 4.69) is 20.5 Å². The maximum atomic E-state index is 11.7. The molecule has 1 heterocycles. The van der Waals surface area contributed by atoms with Crippen molar-refractivity contribution in [2.75, 3.05) is 5.32 Å². The molecule has 1 atom stereocenters. The lowest BCUT2D eigenvalue weighted by atomic mass is 10.3. The van der Waals surface area contributed by atoms with Gasteiger partial charge in [0.05, 0.1) is 0 Å². The summed E-state index contributed by atoms with van der Waals surface area (Å²) in [7, 11) is 0. The molecule has 6 nitrogen and oxygen atoms in total. The fourth-order valence-corrected chi connectivity index (χ4v) is 1.38. The Balaban J connectivity index is 1.93. The number of aromatic amines is 1. The highest BCUT2D eigenvalue weighted by Gasteiger charge is 2.15. The number of ether oxygens (including phenoxy) is 1. The molecule has 1 amide bonds. The molecular formula is C11H11ClN4O2. The van der Waals surface area contributed by atoms with Crippen molar-refractivity contribution >= 4 is 23.5 Å². The highest BCUT2D eigenvalue weighted by Crippen LogP contribution is 2.17. The number of anilines is 1. The van der Waals surface area contributed by atoms with Crippen LogP contribution in [0.5, 0.6) is 5.75 Å². The van der Waals surface area contributed by atoms with E-state index in [-0.39, 0.29) is 11.9 Å². The lowest BCUT2D eigenvalue weighted by molar-refractivity contribution is -0.122. The summed E-state index contributed by atoms with van der Waals surface area (Å²) in [5.41, 5.74) is 0. The number of hydrogen-bond donors (Lipinski definition) is 2. The molecule has 0 fully saturated rings. The quantitative estimate of drug-likeness (QED) is 0.885. The highest BCUT2D eigenvalue weighted by molar-refractivity contribution is 6.30. The van der Waals surface area contributed by atoms with Crippen LogP contribution in [-0.2, 0) is 4.79 Å². The Bertz CT molecular complexity index is 512. The number of carbonyl (C=O) groups excluding carboxylic acids is 1. The minimum atomic E-state index is -0.656. The monoisotopic (exact) mass is 266 g/mol. The largest absolute Gasteiger partial charge is 0.481 e. The van der Waals surface area contributed by atoms with Crippen molar-refractivity contribution in [2.45, 2.75) is 13.0 Å². The smallest absolute Gasteiger partial charge is 0.267 e. The third-order valence-corrected chi connectivity index (χ3v) is 2.40. The number of halogens is 1. The molecule has 0 bridgehead atoms. The maximum absolute atomic E-state index is 11.7. The minimum absolute atomic E-state index is 0.284. The molecule has 2 N–H and O–H groups in total. The Hall–Kier alpha value is -2.08. The second-order valence-corrected chi connectivity index (χ2v) is 3.97. The van der Waals surface area contributed by atoms with Crippen molar-refractivity contribution in [2.24, 2.45) is 0 Å². The predicted molar refractivity (Wildman–Crippen MR) is 66.6 cm³/mol. The van der Waals surface area contributed by atoms with E-state index in [1.807, 2.05) is 0 Å². The fourth-order valence-electron chi connectivity index (χ4n) is 1.25. The zero-order valence-corrected chi connectivity index (χ0v) is 10.3. The van der Waals surface area contributed by atoms with Crippen LogP contribution in [0.3, 0.4) is 0 Å². The molecule has 1 unspecified atom stereocenters. The molecule has 0 aliphatic carbocycles. The van der Waals surface area contributed by atoms with Gasteiger partial charge in [-0.2, -0.15) is 10.1 Å². The average Bonchev–Trinajstić information content (AvgIpc) is 2.85. The van der Waals surface area contributed by atoms with Gasteiger partial charge in [-0.15, -0.1) is 0 Å². The van der Waals surface area contributed by atoms with Gasteiger partial charge in [0.1, 0.15) is 12.1 Å². The van der Waals surface area contributed by atoms with Crippen LogP contribution in [0.15, 0.2) is 30.6 Å². The molecular weight excluding hydrogens is 256 g/mol. The van der Waals surface area contributed by atoms with Crippen LogP contribution >= 0.6 is 11.6 Å². The van der Waals surface area contributed by atoms with Crippen LogP contribution in [0.25, 0.3) is 0 Å². The lowest BCUT2D eigenvalue weighted by Gasteiger charge is -2.13. The number of benzene rings is 1. The molecule has 2 aromatic rings. The Morgan fingerprint density at radius 3 is 2.78 bits per heavy atom. The molecule has 1 aromatic heterocycles. The van der Waals surface area contributed by atoms with E-state index in [9.17, 15) is 4.79 Å². The zero-order chi connectivity index (χ0) is 13.0. The van der Waals surface area contributed by atoms with Gasteiger partial charge >= 0.3 is 0 Å². The second-order valence-electron chi connectivity index (χ2n) is 3.54. The van der Waals surface area contributed by atoms with Crippen molar-refractivity contribution in [3.8, 4) is 5.75 Å². The number of hydrogen-bond acceptors (Lipinski definition) is 4. The summed E-state index contributed by atoms with van der Waals surface area (Å²) in [5, 5.41) is 9.30. The number of aromatic nitrogens is 3. The SMILES string of the molecule is CC(Oc1ccc(Cl)cc1)C(=O)Nc1ncn[nH]1. The maximum Gasteiger partial charge on any atom is 0.267 e. The van der Waals surface area contributed by atoms with E-state index in [0.29, 0.717) is 10.8 Å². The molecule has 0 saturated carbocycles. The van der Waals surface area contributed by atoms with Gasteiger partial charge in [0.2, 0.25) is 5.95 Å². The summed E-state index contributed by atoms with van der Waals surface area (Å²) in [6, 6.07) is 6.77. The van der Waals surface area contributed by atoms with Crippen LogP contribution in [0.2, 0.25) is 5.02 Å². The number of rotatable bonds is 4. The molecule has 2 rings (SSSR count). The third-order valence-electron chi connectivity index (χ3n) is 2.15. The number of H-pyrrole nitrogens is 1. The standard InChI is InChI=1S/C11H11ClN4O2/c1-7(10(17)15-11-13-6-14-16-11)18-9-4-2-8(12)3-5-9/h2-7H,1H3,(H2,13,14,15,16,17). The number of nitrogens with zero attached hydrogens (tertiary/aromatic N) is 2. The molecule has 0 saturated heterocycles. The van der Waals surface area contributed by atoms with Crippen LogP contribution in [0, 0.1) is 0 Å². The Morgan fingerprint density at radius 1 is 1.44 bits per heavy atom. The lowest BCUT2D eigenvalue weighted by Crippen LogP contribution is -2.30. The summed E-state index contributed by atoms with van der Waals surface area (Å²) in [5.74, 6) is 0.535. The van der Waals surface area contributed by atoms with Crippen molar-refractivity contribution in [3.05, 3.63) is 35.6 Å². The molecule has 0 spiro atoms. The zero-order valence-electron chi connectivity index (χ0n) is 9.55. The number of nitrogens with one attached hydrogen (secondary N) is 2. The van der Waals surface area contributed by atoms with Gasteiger partial charge in [-0.1, -0.05) is 11.6 Å². The first-order chi connectivity index (χ1) is 8.65. The van der Waals surface area contributed by atoms with E-state index < -0.39 is 6.10 Å². The summed E-state index contributed by atoms with van der Waals surface area (Å²) >= 11 is 5.75. The van der Waals surface area contributed by atoms with Crippen LogP contribution < -0.4 is 10.1 Å². The topological polar surface area (TPSA) is 79.9 Å². The molecule has 0 aliphatic heterocycles. The summed E-state index contributed by atoms with van der Waals surface area (Å²) in [6.07, 6.45) is 0.650. The Morgan fingerprint density at radius 2 is 2.17 bits per heavy atom. The third kappa shape index (κ3) is 3.21. The summed E-state index contributed by atoms with van der Waals surface area (Å²) in [6.45, 7) is 1.64. The van der Waals surface area contributed by atoms with E-state index in [1.165, 1.54) is 6.33 Å². The molecule has 18 heavy (non-hydrogen) atoms.